The quantitative estimate of drug-likeness (QED) is 0.571. The largest absolute Gasteiger partial charge is 0.490 e. The lowest BCUT2D eigenvalue weighted by Gasteiger charge is -2.22. The van der Waals surface area contributed by atoms with Crippen molar-refractivity contribution in [2.45, 2.75) is 38.1 Å². The van der Waals surface area contributed by atoms with E-state index in [2.05, 4.69) is 10.6 Å². The van der Waals surface area contributed by atoms with Gasteiger partial charge < -0.3 is 21.1 Å². The zero-order valence-electron chi connectivity index (χ0n) is 11.7. The molecule has 4 N–H and O–H groups in total. The van der Waals surface area contributed by atoms with Crippen LogP contribution in [0.1, 0.15) is 32.1 Å². The summed E-state index contributed by atoms with van der Waals surface area (Å²) < 4.78 is 5.51. The van der Waals surface area contributed by atoms with Crippen LogP contribution in [0.4, 0.5) is 10.5 Å². The molecule has 2 rings (SSSR count). The van der Waals surface area contributed by atoms with Crippen LogP contribution in [0, 0.1) is 0 Å². The number of para-hydroxylation sites is 2. The minimum atomic E-state index is -0.110. The van der Waals surface area contributed by atoms with Crippen molar-refractivity contribution in [3.05, 3.63) is 24.3 Å². The molecule has 5 nitrogen and oxygen atoms in total. The van der Waals surface area contributed by atoms with Crippen LogP contribution in [-0.4, -0.2) is 25.2 Å². The van der Waals surface area contributed by atoms with Gasteiger partial charge in [0.1, 0.15) is 12.4 Å². The smallest absolute Gasteiger partial charge is 0.315 e. The predicted molar refractivity (Wildman–Crippen MR) is 79.8 cm³/mol. The topological polar surface area (TPSA) is 76.4 Å². The Morgan fingerprint density at radius 3 is 2.75 bits per heavy atom. The lowest BCUT2D eigenvalue weighted by Crippen LogP contribution is -2.44. The fourth-order valence-electron chi connectivity index (χ4n) is 2.42. The molecule has 1 saturated carbocycles. The zero-order valence-corrected chi connectivity index (χ0v) is 11.7. The molecular formula is C15H23N3O2. The van der Waals surface area contributed by atoms with Crippen LogP contribution in [0.3, 0.4) is 0 Å². The first-order valence-electron chi connectivity index (χ1n) is 7.27. The second kappa shape index (κ2) is 7.62. The van der Waals surface area contributed by atoms with Gasteiger partial charge in [-0.1, -0.05) is 31.4 Å². The number of rotatable bonds is 5. The number of urea groups is 1. The number of benzene rings is 1. The minimum absolute atomic E-state index is 0.110. The summed E-state index contributed by atoms with van der Waals surface area (Å²) in [6.07, 6.45) is 5.88. The Labute approximate surface area is 119 Å². The molecule has 5 heteroatoms. The van der Waals surface area contributed by atoms with Crippen molar-refractivity contribution in [3.8, 4) is 5.75 Å². The standard InChI is InChI=1S/C15H23N3O2/c16-13-8-4-5-9-14(13)20-11-10-17-15(19)18-12-6-2-1-3-7-12/h4-5,8-9,12H,1-3,6-7,10-11,16H2,(H2,17,18,19). The summed E-state index contributed by atoms with van der Waals surface area (Å²) in [6.45, 7) is 0.874. The van der Waals surface area contributed by atoms with E-state index in [1.165, 1.54) is 19.3 Å². The Kier molecular flexibility index (Phi) is 5.53. The number of carbonyl (C=O) groups excluding carboxylic acids is 1. The van der Waals surface area contributed by atoms with Crippen LogP contribution < -0.4 is 21.1 Å². The molecule has 2 amide bonds. The summed E-state index contributed by atoms with van der Waals surface area (Å²) in [5, 5.41) is 5.80. The highest BCUT2D eigenvalue weighted by Crippen LogP contribution is 2.19. The Balaban J connectivity index is 1.60. The lowest BCUT2D eigenvalue weighted by atomic mass is 9.96. The number of hydrogen-bond acceptors (Lipinski definition) is 3. The highest BCUT2D eigenvalue weighted by Gasteiger charge is 2.15. The maximum Gasteiger partial charge on any atom is 0.315 e. The molecule has 0 bridgehead atoms. The van der Waals surface area contributed by atoms with E-state index in [9.17, 15) is 4.79 Å². The van der Waals surface area contributed by atoms with Gasteiger partial charge in [0.05, 0.1) is 12.2 Å². The van der Waals surface area contributed by atoms with E-state index in [0.29, 0.717) is 30.6 Å². The van der Waals surface area contributed by atoms with Gasteiger partial charge in [0.2, 0.25) is 0 Å². The first-order chi connectivity index (χ1) is 9.75. The third-order valence-corrected chi connectivity index (χ3v) is 3.50. The van der Waals surface area contributed by atoms with Gasteiger partial charge >= 0.3 is 6.03 Å². The summed E-state index contributed by atoms with van der Waals surface area (Å²) in [6, 6.07) is 7.55. The van der Waals surface area contributed by atoms with Crippen molar-refractivity contribution in [2.24, 2.45) is 0 Å². The third kappa shape index (κ3) is 4.64. The van der Waals surface area contributed by atoms with Crippen molar-refractivity contribution in [1.82, 2.24) is 10.6 Å². The molecule has 0 saturated heterocycles. The lowest BCUT2D eigenvalue weighted by molar-refractivity contribution is 0.228. The van der Waals surface area contributed by atoms with Crippen LogP contribution in [0.2, 0.25) is 0 Å². The SMILES string of the molecule is Nc1ccccc1OCCNC(=O)NC1CCCCC1. The van der Waals surface area contributed by atoms with E-state index < -0.39 is 0 Å². The van der Waals surface area contributed by atoms with Crippen LogP contribution in [0.25, 0.3) is 0 Å². The minimum Gasteiger partial charge on any atom is -0.490 e. The van der Waals surface area contributed by atoms with Gasteiger partial charge in [0, 0.05) is 6.04 Å². The number of nitrogen functional groups attached to an aromatic ring is 1. The first kappa shape index (κ1) is 14.5. The molecule has 0 unspecified atom stereocenters. The highest BCUT2D eigenvalue weighted by molar-refractivity contribution is 5.74. The molecule has 110 valence electrons. The molecule has 0 spiro atoms. The molecule has 0 aromatic heterocycles. The molecule has 1 aliphatic carbocycles. The van der Waals surface area contributed by atoms with Crippen molar-refractivity contribution >= 4 is 11.7 Å². The van der Waals surface area contributed by atoms with Crippen LogP contribution >= 0.6 is 0 Å². The van der Waals surface area contributed by atoms with Crippen LogP contribution in [-0.2, 0) is 0 Å². The molecule has 1 aliphatic rings. The van der Waals surface area contributed by atoms with E-state index in [4.69, 9.17) is 10.5 Å². The first-order valence-corrected chi connectivity index (χ1v) is 7.27. The molecular weight excluding hydrogens is 254 g/mol. The van der Waals surface area contributed by atoms with Gasteiger partial charge in [-0.05, 0) is 25.0 Å². The van der Waals surface area contributed by atoms with Gasteiger partial charge in [0.25, 0.3) is 0 Å². The highest BCUT2D eigenvalue weighted by atomic mass is 16.5. The number of nitrogens with two attached hydrogens (primary N) is 1. The molecule has 1 aromatic carbocycles. The summed E-state index contributed by atoms with van der Waals surface area (Å²) in [7, 11) is 0. The van der Waals surface area contributed by atoms with Crippen molar-refractivity contribution in [3.63, 3.8) is 0 Å². The Bertz CT molecular complexity index is 431. The van der Waals surface area contributed by atoms with Gasteiger partial charge in [-0.25, -0.2) is 4.79 Å². The maximum absolute atomic E-state index is 11.7. The maximum atomic E-state index is 11.7. The summed E-state index contributed by atoms with van der Waals surface area (Å²) >= 11 is 0. The van der Waals surface area contributed by atoms with Gasteiger partial charge in [-0.2, -0.15) is 0 Å². The van der Waals surface area contributed by atoms with E-state index in [1.54, 1.807) is 6.07 Å². The van der Waals surface area contributed by atoms with Gasteiger partial charge in [0.15, 0.2) is 0 Å². The van der Waals surface area contributed by atoms with Gasteiger partial charge in [-0.15, -0.1) is 0 Å². The van der Waals surface area contributed by atoms with Crippen LogP contribution in [0.5, 0.6) is 5.75 Å². The van der Waals surface area contributed by atoms with Gasteiger partial charge in [-0.3, -0.25) is 0 Å². The number of nitrogens with one attached hydrogen (secondary N) is 2. The number of ether oxygens (including phenoxy) is 1. The Morgan fingerprint density at radius 1 is 1.25 bits per heavy atom. The molecule has 20 heavy (non-hydrogen) atoms. The van der Waals surface area contributed by atoms with E-state index >= 15 is 0 Å². The molecule has 0 heterocycles. The fraction of sp³-hybridized carbons (Fsp3) is 0.533. The number of hydrogen-bond donors (Lipinski definition) is 3. The van der Waals surface area contributed by atoms with Crippen LogP contribution in [0.15, 0.2) is 24.3 Å². The predicted octanol–water partition coefficient (Wildman–Crippen LogP) is 2.28. The molecule has 0 radical (unpaired) electrons. The summed E-state index contributed by atoms with van der Waals surface area (Å²) in [5.74, 6) is 0.655. The Hall–Kier alpha value is -1.91. The second-order valence-electron chi connectivity index (χ2n) is 5.12. The van der Waals surface area contributed by atoms with E-state index in [-0.39, 0.29) is 6.03 Å². The average Bonchev–Trinajstić information content (AvgIpc) is 2.46. The average molecular weight is 277 g/mol. The summed E-state index contributed by atoms with van der Waals surface area (Å²) in [5.41, 5.74) is 6.37. The monoisotopic (exact) mass is 277 g/mol. The number of anilines is 1. The summed E-state index contributed by atoms with van der Waals surface area (Å²) in [4.78, 5) is 11.7. The number of carbonyl (C=O) groups is 1. The van der Waals surface area contributed by atoms with Crippen molar-refractivity contribution in [2.75, 3.05) is 18.9 Å². The second-order valence-corrected chi connectivity index (χ2v) is 5.12. The Morgan fingerprint density at radius 2 is 2.00 bits per heavy atom. The fourth-order valence-corrected chi connectivity index (χ4v) is 2.42. The molecule has 1 aromatic rings. The van der Waals surface area contributed by atoms with Crippen molar-refractivity contribution in [1.29, 1.82) is 0 Å². The van der Waals surface area contributed by atoms with E-state index in [0.717, 1.165) is 12.8 Å². The molecule has 0 atom stereocenters. The van der Waals surface area contributed by atoms with Crippen molar-refractivity contribution < 1.29 is 9.53 Å². The van der Waals surface area contributed by atoms with E-state index in [1.807, 2.05) is 18.2 Å². The third-order valence-electron chi connectivity index (χ3n) is 3.50. The molecule has 1 fully saturated rings. The number of amides is 2. The molecule has 0 aliphatic heterocycles. The normalized spacial score (nSPS) is 15.6. The zero-order chi connectivity index (χ0) is 14.2.